The van der Waals surface area contributed by atoms with Gasteiger partial charge in [-0.2, -0.15) is 0 Å². The molecule has 278 valence electrons. The van der Waals surface area contributed by atoms with Gasteiger partial charge in [0.15, 0.2) is 0 Å². The van der Waals surface area contributed by atoms with Gasteiger partial charge in [-0.1, -0.05) is 77.8 Å². The van der Waals surface area contributed by atoms with Crippen LogP contribution in [0.4, 0.5) is 0 Å². The summed E-state index contributed by atoms with van der Waals surface area (Å²) < 4.78 is 29.8. The van der Waals surface area contributed by atoms with E-state index in [2.05, 4.69) is 64.2 Å². The number of hydrogen-bond acceptors (Lipinski definition) is 4. The smallest absolute Gasteiger partial charge is 0.335 e. The predicted molar refractivity (Wildman–Crippen MR) is 205 cm³/mol. The highest BCUT2D eigenvalue weighted by Gasteiger charge is 2.69. The molecule has 0 spiro atoms. The van der Waals surface area contributed by atoms with Crippen molar-refractivity contribution < 1.29 is 23.1 Å². The number of hydrogen-bond donors (Lipinski definition) is 3. The topological polar surface area (TPSA) is 116 Å². The van der Waals surface area contributed by atoms with Gasteiger partial charge in [-0.15, -0.1) is 0 Å². The maximum absolute atomic E-state index is 14.6. The summed E-state index contributed by atoms with van der Waals surface area (Å²) in [5, 5.41) is 11.3. The van der Waals surface area contributed by atoms with E-state index in [1.807, 2.05) is 6.07 Å². The minimum Gasteiger partial charge on any atom is -0.478 e. The first-order chi connectivity index (χ1) is 24.3. The zero-order valence-electron chi connectivity index (χ0n) is 31.5. The Kier molecular flexibility index (Phi) is 7.91. The maximum Gasteiger partial charge on any atom is 0.335 e. The van der Waals surface area contributed by atoms with Gasteiger partial charge in [-0.3, -0.25) is 4.79 Å². The lowest BCUT2D eigenvalue weighted by atomic mass is 9.33. The van der Waals surface area contributed by atoms with Gasteiger partial charge in [0.1, 0.15) is 0 Å². The molecule has 0 aliphatic heterocycles. The largest absolute Gasteiger partial charge is 0.478 e. The summed E-state index contributed by atoms with van der Waals surface area (Å²) in [7, 11) is -4.07. The third-order valence-electron chi connectivity index (χ3n) is 16.3. The van der Waals surface area contributed by atoms with Gasteiger partial charge in [0.2, 0.25) is 5.91 Å². The minimum atomic E-state index is -4.07. The van der Waals surface area contributed by atoms with Crippen LogP contribution in [0.3, 0.4) is 0 Å². The number of amides is 1. The summed E-state index contributed by atoms with van der Waals surface area (Å²) in [6.45, 7) is 16.9. The Labute approximate surface area is 313 Å². The third kappa shape index (κ3) is 4.71. The van der Waals surface area contributed by atoms with Crippen LogP contribution >= 0.6 is 11.6 Å². The molecule has 52 heavy (non-hydrogen) atoms. The van der Waals surface area contributed by atoms with Crippen molar-refractivity contribution in [3.05, 3.63) is 76.0 Å². The molecule has 3 fully saturated rings. The molecule has 0 saturated heterocycles. The Morgan fingerprint density at radius 1 is 0.923 bits per heavy atom. The van der Waals surface area contributed by atoms with Gasteiger partial charge >= 0.3 is 5.97 Å². The summed E-state index contributed by atoms with van der Waals surface area (Å²) >= 11 is 6.05. The molecular formula is C43H53ClN2O5S. The van der Waals surface area contributed by atoms with Crippen LogP contribution in [-0.4, -0.2) is 30.4 Å². The molecule has 1 amide bonds. The SMILES string of the molecule is C[C@H]1[C@H](C)CC[C@]2(C(=O)NS(=O)(=O)c3ccc(Cl)cc3)CC[C@]3(C)C(=CC[C@@H]4[C@@]5(C)Cc6c([nH]c7cc(C(=O)O)ccc67)C(C)(C)[C@@H]5CC[C@]43C)[C@H]12. The lowest BCUT2D eigenvalue weighted by Crippen LogP contribution is -2.65. The molecule has 5 aliphatic carbocycles. The van der Waals surface area contributed by atoms with Crippen LogP contribution in [-0.2, 0) is 26.7 Å². The molecule has 7 nitrogen and oxygen atoms in total. The molecule has 0 bridgehead atoms. The number of allylic oxidation sites excluding steroid dienone is 2. The molecule has 9 atom stereocenters. The standard InChI is InChI=1S/C43H53ClN2O5S/c1-24-16-19-43(38(49)46-52(50,51)28-11-9-27(44)10-12-28)21-20-41(6)31(35(43)25(24)2)14-15-34-40(5)23-30-29-13-8-26(37(47)48)22-32(29)45-36(30)39(3,4)33(40)17-18-42(34,41)7/h8-14,22,24-25,33-35,45H,15-21,23H2,1-7H3,(H,46,49)(H,47,48)/t24-,25+,33+,34-,35+,40+,41-,42-,43+/m1/s1. The van der Waals surface area contributed by atoms with Crippen LogP contribution in [0.2, 0.25) is 5.02 Å². The van der Waals surface area contributed by atoms with Crippen LogP contribution < -0.4 is 4.72 Å². The first kappa shape index (κ1) is 35.9. The molecule has 8 rings (SSSR count). The maximum atomic E-state index is 14.6. The molecule has 3 saturated carbocycles. The number of aromatic nitrogens is 1. The highest BCUT2D eigenvalue weighted by atomic mass is 35.5. The highest BCUT2D eigenvalue weighted by Crippen LogP contribution is 2.75. The van der Waals surface area contributed by atoms with Crippen LogP contribution in [0, 0.1) is 51.2 Å². The van der Waals surface area contributed by atoms with Crippen molar-refractivity contribution in [1.82, 2.24) is 9.71 Å². The van der Waals surface area contributed by atoms with Gasteiger partial charge in [0, 0.05) is 27.0 Å². The van der Waals surface area contributed by atoms with Crippen molar-refractivity contribution in [3.63, 3.8) is 0 Å². The summed E-state index contributed by atoms with van der Waals surface area (Å²) in [6.07, 6.45) is 9.66. The number of nitrogens with one attached hydrogen (secondary N) is 2. The Morgan fingerprint density at radius 2 is 1.63 bits per heavy atom. The number of carboxylic acids is 1. The Hall–Kier alpha value is -3.10. The molecule has 3 N–H and O–H groups in total. The lowest BCUT2D eigenvalue weighted by Gasteiger charge is -2.71. The molecule has 1 heterocycles. The second-order valence-corrected chi connectivity index (χ2v) is 20.8. The van der Waals surface area contributed by atoms with Crippen molar-refractivity contribution >= 4 is 44.4 Å². The lowest BCUT2D eigenvalue weighted by molar-refractivity contribution is -0.168. The number of fused-ring (bicyclic) bond motifs is 10. The molecule has 3 aromatic rings. The monoisotopic (exact) mass is 744 g/mol. The van der Waals surface area contributed by atoms with Crippen LogP contribution in [0.15, 0.2) is 59.0 Å². The van der Waals surface area contributed by atoms with E-state index < -0.39 is 21.4 Å². The van der Waals surface area contributed by atoms with E-state index in [1.165, 1.54) is 29.0 Å². The number of carbonyl (C=O) groups is 2. The number of H-pyrrole nitrogens is 1. The molecule has 2 aromatic carbocycles. The van der Waals surface area contributed by atoms with E-state index in [4.69, 9.17) is 11.6 Å². The number of benzene rings is 2. The molecule has 1 aromatic heterocycles. The van der Waals surface area contributed by atoms with Gasteiger partial charge < -0.3 is 10.1 Å². The van der Waals surface area contributed by atoms with Gasteiger partial charge in [0.25, 0.3) is 10.0 Å². The molecular weight excluding hydrogens is 692 g/mol. The van der Waals surface area contributed by atoms with E-state index >= 15 is 0 Å². The normalized spacial score (nSPS) is 37.8. The summed E-state index contributed by atoms with van der Waals surface area (Å²) in [5.41, 5.74) is 4.10. The summed E-state index contributed by atoms with van der Waals surface area (Å²) in [5.74, 6) is 0.189. The first-order valence-electron chi connectivity index (χ1n) is 19.2. The number of halogens is 1. The number of carboxylic acid groups (broad SMARTS) is 1. The quantitative estimate of drug-likeness (QED) is 0.230. The van der Waals surface area contributed by atoms with Crippen molar-refractivity contribution in [2.45, 2.75) is 110 Å². The summed E-state index contributed by atoms with van der Waals surface area (Å²) in [4.78, 5) is 30.2. The van der Waals surface area contributed by atoms with Gasteiger partial charge in [0.05, 0.1) is 15.9 Å². The van der Waals surface area contributed by atoms with Crippen molar-refractivity contribution in [2.75, 3.05) is 0 Å². The molecule has 0 radical (unpaired) electrons. The second-order valence-electron chi connectivity index (χ2n) is 18.6. The van der Waals surface area contributed by atoms with Gasteiger partial charge in [-0.05, 0) is 139 Å². The third-order valence-corrected chi connectivity index (χ3v) is 17.9. The number of aromatic carboxylic acids is 1. The number of aromatic amines is 1. The molecule has 5 aliphatic rings. The first-order valence-corrected chi connectivity index (χ1v) is 21.1. The van der Waals surface area contributed by atoms with E-state index in [-0.39, 0.29) is 44.3 Å². The Bertz CT molecular complexity index is 2150. The van der Waals surface area contributed by atoms with Gasteiger partial charge in [-0.25, -0.2) is 17.9 Å². The molecule has 9 heteroatoms. The van der Waals surface area contributed by atoms with E-state index in [0.29, 0.717) is 41.2 Å². The van der Waals surface area contributed by atoms with E-state index in [1.54, 1.807) is 24.3 Å². The fourth-order valence-electron chi connectivity index (χ4n) is 13.3. The second kappa shape index (κ2) is 11.5. The zero-order valence-corrected chi connectivity index (χ0v) is 33.1. The minimum absolute atomic E-state index is 0.000819. The van der Waals surface area contributed by atoms with Crippen molar-refractivity contribution in [1.29, 1.82) is 0 Å². The highest BCUT2D eigenvalue weighted by molar-refractivity contribution is 7.90. The summed E-state index contributed by atoms with van der Waals surface area (Å²) in [6, 6.07) is 11.5. The van der Waals surface area contributed by atoms with Crippen LogP contribution in [0.5, 0.6) is 0 Å². The zero-order chi connectivity index (χ0) is 37.4. The van der Waals surface area contributed by atoms with Crippen molar-refractivity contribution in [3.8, 4) is 0 Å². The molecule has 0 unspecified atom stereocenters. The predicted octanol–water partition coefficient (Wildman–Crippen LogP) is 9.70. The Morgan fingerprint density at radius 3 is 2.33 bits per heavy atom. The van der Waals surface area contributed by atoms with E-state index in [0.717, 1.165) is 49.4 Å². The fraction of sp³-hybridized carbons (Fsp3) is 0.581. The van der Waals surface area contributed by atoms with Crippen molar-refractivity contribution in [2.24, 2.45) is 51.2 Å². The van der Waals surface area contributed by atoms with E-state index in [9.17, 15) is 23.1 Å². The average Bonchev–Trinajstić information content (AvgIpc) is 3.44. The fourth-order valence-corrected chi connectivity index (χ4v) is 14.4. The number of carbonyl (C=O) groups excluding carboxylic acids is 1. The Balaban J connectivity index is 1.19. The van der Waals surface area contributed by atoms with Crippen LogP contribution in [0.1, 0.15) is 115 Å². The number of rotatable bonds is 4. The number of sulfonamides is 1. The average molecular weight is 745 g/mol. The van der Waals surface area contributed by atoms with Crippen LogP contribution in [0.25, 0.3) is 10.9 Å².